The third kappa shape index (κ3) is 2.06. The van der Waals surface area contributed by atoms with E-state index in [1.54, 1.807) is 6.92 Å². The average molecular weight is 298 g/mol. The lowest BCUT2D eigenvalue weighted by atomic mass is 9.87. The van der Waals surface area contributed by atoms with Gasteiger partial charge in [0.25, 0.3) is 5.56 Å². The Balaban J connectivity index is 2.07. The van der Waals surface area contributed by atoms with E-state index in [9.17, 15) is 19.8 Å². The molecule has 3 N–H and O–H groups in total. The molecular weight excluding hydrogens is 280 g/mol. The third-order valence-corrected chi connectivity index (χ3v) is 4.20. The Bertz CT molecular complexity index is 667. The van der Waals surface area contributed by atoms with Crippen LogP contribution in [0.2, 0.25) is 0 Å². The van der Waals surface area contributed by atoms with Crippen molar-refractivity contribution in [3.05, 3.63) is 32.6 Å². The van der Waals surface area contributed by atoms with E-state index in [0.29, 0.717) is 12.0 Å². The van der Waals surface area contributed by atoms with E-state index in [4.69, 9.17) is 9.47 Å². The number of ether oxygens (including phenoxy) is 2. The van der Waals surface area contributed by atoms with Gasteiger partial charge in [0, 0.05) is 18.2 Å². The first-order chi connectivity index (χ1) is 9.88. The van der Waals surface area contributed by atoms with E-state index < -0.39 is 35.3 Å². The molecule has 1 aromatic heterocycles. The number of H-pyrrole nitrogens is 1. The molecule has 2 aliphatic heterocycles. The van der Waals surface area contributed by atoms with Crippen molar-refractivity contribution in [3.63, 3.8) is 0 Å². The maximum absolute atomic E-state index is 12.0. The summed E-state index contributed by atoms with van der Waals surface area (Å²) in [5.74, 6) is 0. The smallest absolute Gasteiger partial charge is 0.330 e. The lowest BCUT2D eigenvalue weighted by Gasteiger charge is -2.37. The highest BCUT2D eigenvalue weighted by Crippen LogP contribution is 2.45. The highest BCUT2D eigenvalue weighted by atomic mass is 16.6. The zero-order valence-corrected chi connectivity index (χ0v) is 11.8. The van der Waals surface area contributed by atoms with Gasteiger partial charge < -0.3 is 19.7 Å². The first-order valence-corrected chi connectivity index (χ1v) is 6.82. The lowest BCUT2D eigenvalue weighted by Crippen LogP contribution is -2.53. The first-order valence-electron chi connectivity index (χ1n) is 6.82. The summed E-state index contributed by atoms with van der Waals surface area (Å²) < 4.78 is 12.6. The monoisotopic (exact) mass is 298 g/mol. The molecule has 3 heterocycles. The van der Waals surface area contributed by atoms with Crippen LogP contribution >= 0.6 is 0 Å². The van der Waals surface area contributed by atoms with Crippen LogP contribution in [-0.4, -0.2) is 50.3 Å². The molecule has 0 saturated carbocycles. The van der Waals surface area contributed by atoms with Gasteiger partial charge in [-0.2, -0.15) is 0 Å². The molecule has 0 aliphatic carbocycles. The fraction of sp³-hybridized carbons (Fsp3) is 0.692. The summed E-state index contributed by atoms with van der Waals surface area (Å²) in [6, 6.07) is 0. The molecule has 0 amide bonds. The number of aliphatic hydroxyl groups excluding tert-OH is 2. The molecule has 21 heavy (non-hydrogen) atoms. The van der Waals surface area contributed by atoms with Crippen LogP contribution in [0.3, 0.4) is 0 Å². The molecular formula is C13H18N2O6. The van der Waals surface area contributed by atoms with Gasteiger partial charge in [0.2, 0.25) is 0 Å². The minimum atomic E-state index is -1.14. The number of hydrogen-bond acceptors (Lipinski definition) is 6. The number of aromatic amines is 1. The molecule has 8 nitrogen and oxygen atoms in total. The summed E-state index contributed by atoms with van der Waals surface area (Å²) in [6.07, 6.45) is -1.21. The van der Waals surface area contributed by atoms with Crippen LogP contribution in [0.15, 0.2) is 15.8 Å². The lowest BCUT2D eigenvalue weighted by molar-refractivity contribution is -0.161. The summed E-state index contributed by atoms with van der Waals surface area (Å²) in [6.45, 7) is 3.01. The molecule has 8 heteroatoms. The van der Waals surface area contributed by atoms with Crippen LogP contribution in [0.4, 0.5) is 0 Å². The zero-order valence-electron chi connectivity index (χ0n) is 11.8. The van der Waals surface area contributed by atoms with Gasteiger partial charge in [0.05, 0.1) is 12.7 Å². The molecule has 2 fully saturated rings. The molecule has 5 unspecified atom stereocenters. The first kappa shape index (κ1) is 14.5. The van der Waals surface area contributed by atoms with Gasteiger partial charge in [0.1, 0.15) is 17.8 Å². The maximum Gasteiger partial charge on any atom is 0.330 e. The molecule has 2 saturated heterocycles. The predicted octanol–water partition coefficient (Wildman–Crippen LogP) is -1.36. The second kappa shape index (κ2) is 4.77. The topological polar surface area (TPSA) is 114 Å². The molecule has 5 atom stereocenters. The molecule has 116 valence electrons. The number of aliphatic hydroxyl groups is 2. The average Bonchev–Trinajstić information content (AvgIpc) is 2.60. The van der Waals surface area contributed by atoms with Gasteiger partial charge in [-0.1, -0.05) is 0 Å². The fourth-order valence-corrected chi connectivity index (χ4v) is 3.13. The molecule has 0 radical (unpaired) electrons. The summed E-state index contributed by atoms with van der Waals surface area (Å²) in [4.78, 5) is 25.6. The molecule has 0 spiro atoms. The number of nitrogens with one attached hydrogen (secondary N) is 1. The Morgan fingerprint density at radius 2 is 2.24 bits per heavy atom. The van der Waals surface area contributed by atoms with Crippen molar-refractivity contribution in [1.82, 2.24) is 9.55 Å². The van der Waals surface area contributed by atoms with Gasteiger partial charge in [-0.05, 0) is 13.8 Å². The summed E-state index contributed by atoms with van der Waals surface area (Å²) in [5, 5.41) is 19.9. The van der Waals surface area contributed by atoms with E-state index in [0.717, 1.165) is 0 Å². The second-order valence-corrected chi connectivity index (χ2v) is 5.77. The van der Waals surface area contributed by atoms with Crippen molar-refractivity contribution in [3.8, 4) is 0 Å². The zero-order chi connectivity index (χ0) is 15.4. The summed E-state index contributed by atoms with van der Waals surface area (Å²) >= 11 is 0. The minimum Gasteiger partial charge on any atom is -0.393 e. The highest BCUT2D eigenvalue weighted by molar-refractivity contribution is 5.08. The summed E-state index contributed by atoms with van der Waals surface area (Å²) in [5.41, 5.74) is -1.90. The van der Waals surface area contributed by atoms with Gasteiger partial charge in [0.15, 0.2) is 6.23 Å². The van der Waals surface area contributed by atoms with E-state index in [-0.39, 0.29) is 12.7 Å². The van der Waals surface area contributed by atoms with Crippen LogP contribution in [0, 0.1) is 6.92 Å². The van der Waals surface area contributed by atoms with Gasteiger partial charge >= 0.3 is 5.69 Å². The molecule has 2 aliphatic rings. The standard InChI is InChI=1S/C13H18N2O6/c1-6-4-15(12(19)14-10(6)18)11-8-9(17)13(5-16,21-11)3-7(2)20-8/h4,7-9,11,16-17H,3,5H2,1-2H3,(H,14,18,19). The molecule has 1 aromatic rings. The number of aromatic nitrogens is 2. The van der Waals surface area contributed by atoms with Crippen LogP contribution in [-0.2, 0) is 9.47 Å². The number of rotatable bonds is 2. The van der Waals surface area contributed by atoms with E-state index >= 15 is 0 Å². The fourth-order valence-electron chi connectivity index (χ4n) is 3.13. The Morgan fingerprint density at radius 1 is 1.52 bits per heavy atom. The van der Waals surface area contributed by atoms with E-state index in [1.165, 1.54) is 10.8 Å². The second-order valence-electron chi connectivity index (χ2n) is 5.77. The Labute approximate surface area is 119 Å². The van der Waals surface area contributed by atoms with Crippen LogP contribution < -0.4 is 11.2 Å². The van der Waals surface area contributed by atoms with Gasteiger partial charge in [-0.3, -0.25) is 14.3 Å². The maximum atomic E-state index is 12.0. The SMILES string of the molecule is Cc1cn(C2OC3(CO)CC(C)OC2C3O)c(=O)[nH]c1=O. The molecule has 0 aromatic carbocycles. The molecule has 2 bridgehead atoms. The predicted molar refractivity (Wildman–Crippen MR) is 71.0 cm³/mol. The largest absolute Gasteiger partial charge is 0.393 e. The quantitative estimate of drug-likeness (QED) is 0.621. The Morgan fingerprint density at radius 3 is 2.90 bits per heavy atom. The number of hydrogen-bond donors (Lipinski definition) is 3. The van der Waals surface area contributed by atoms with Crippen LogP contribution in [0.1, 0.15) is 25.1 Å². The van der Waals surface area contributed by atoms with Crippen molar-refractivity contribution >= 4 is 0 Å². The van der Waals surface area contributed by atoms with E-state index in [2.05, 4.69) is 4.98 Å². The van der Waals surface area contributed by atoms with Crippen LogP contribution in [0.25, 0.3) is 0 Å². The van der Waals surface area contributed by atoms with Crippen molar-refractivity contribution < 1.29 is 19.7 Å². The number of aryl methyl sites for hydroxylation is 1. The number of nitrogens with zero attached hydrogens (tertiary/aromatic N) is 1. The summed E-state index contributed by atoms with van der Waals surface area (Å²) in [7, 11) is 0. The molecule has 3 rings (SSSR count). The van der Waals surface area contributed by atoms with Crippen molar-refractivity contribution in [2.75, 3.05) is 6.61 Å². The van der Waals surface area contributed by atoms with Crippen LogP contribution in [0.5, 0.6) is 0 Å². The van der Waals surface area contributed by atoms with Crippen molar-refractivity contribution in [2.45, 2.75) is 50.4 Å². The highest BCUT2D eigenvalue weighted by Gasteiger charge is 2.60. The Kier molecular flexibility index (Phi) is 3.28. The minimum absolute atomic E-state index is 0.213. The van der Waals surface area contributed by atoms with Gasteiger partial charge in [-0.15, -0.1) is 0 Å². The normalized spacial score (nSPS) is 38.7. The Hall–Kier alpha value is -1.48. The van der Waals surface area contributed by atoms with E-state index in [1.807, 2.05) is 6.92 Å². The van der Waals surface area contributed by atoms with Crippen molar-refractivity contribution in [1.29, 1.82) is 0 Å². The van der Waals surface area contributed by atoms with Gasteiger partial charge in [-0.25, -0.2) is 4.79 Å². The third-order valence-electron chi connectivity index (χ3n) is 4.20. The number of fused-ring (bicyclic) bond motifs is 2. The van der Waals surface area contributed by atoms with Crippen molar-refractivity contribution in [2.24, 2.45) is 0 Å².